The summed E-state index contributed by atoms with van der Waals surface area (Å²) in [7, 11) is -3.80. The van der Waals surface area contributed by atoms with Crippen molar-refractivity contribution in [2.75, 3.05) is 32.7 Å². The summed E-state index contributed by atoms with van der Waals surface area (Å²) in [6.07, 6.45) is -2.88. The van der Waals surface area contributed by atoms with E-state index in [9.17, 15) is 35.6 Å². The second-order valence-electron chi connectivity index (χ2n) is 9.56. The number of rotatable bonds is 6. The highest BCUT2D eigenvalue weighted by molar-refractivity contribution is 7.86. The number of halogens is 4. The molecule has 3 fully saturated rings. The van der Waals surface area contributed by atoms with Crippen LogP contribution in [0.3, 0.4) is 0 Å². The van der Waals surface area contributed by atoms with Gasteiger partial charge >= 0.3 is 6.18 Å². The highest BCUT2D eigenvalue weighted by Crippen LogP contribution is 2.31. The Morgan fingerprint density at radius 3 is 2.46 bits per heavy atom. The minimum absolute atomic E-state index is 0.0326. The molecule has 4 rings (SSSR count). The fraction of sp³-hybridized carbons (Fsp3) is 0.609. The minimum Gasteiger partial charge on any atom is -0.350 e. The molecule has 0 aliphatic carbocycles. The SMILES string of the molecule is N#CC1CN(S(=O)(=O)N2CCCC(C(=O)N3CCC[C@@H]3C(=O)NCc3cc(C(F)(F)F)ccc3F)C2)C1. The zero-order chi connectivity index (χ0) is 27.0. The van der Waals surface area contributed by atoms with Gasteiger partial charge in [-0.05, 0) is 43.9 Å². The predicted molar refractivity (Wildman–Crippen MR) is 122 cm³/mol. The maximum absolute atomic E-state index is 14.0. The van der Waals surface area contributed by atoms with E-state index in [0.29, 0.717) is 43.9 Å². The van der Waals surface area contributed by atoms with E-state index in [1.165, 1.54) is 13.5 Å². The van der Waals surface area contributed by atoms with E-state index in [2.05, 4.69) is 5.32 Å². The van der Waals surface area contributed by atoms with Crippen molar-refractivity contribution in [1.82, 2.24) is 18.8 Å². The zero-order valence-corrected chi connectivity index (χ0v) is 20.7. The molecule has 1 aromatic carbocycles. The molecular formula is C23H27F4N5O4S. The average Bonchev–Trinajstić information content (AvgIpc) is 3.31. The first-order valence-corrected chi connectivity index (χ1v) is 13.4. The first kappa shape index (κ1) is 27.3. The summed E-state index contributed by atoms with van der Waals surface area (Å²) in [5.74, 6) is -2.84. The third kappa shape index (κ3) is 5.73. The molecule has 1 unspecified atom stereocenters. The highest BCUT2D eigenvalue weighted by Gasteiger charge is 2.44. The number of amides is 2. The molecule has 0 bridgehead atoms. The van der Waals surface area contributed by atoms with Crippen molar-refractivity contribution in [2.24, 2.45) is 11.8 Å². The molecule has 3 aliphatic heterocycles. The van der Waals surface area contributed by atoms with Crippen molar-refractivity contribution in [1.29, 1.82) is 5.26 Å². The summed E-state index contributed by atoms with van der Waals surface area (Å²) in [6.45, 7) is 0.279. The van der Waals surface area contributed by atoms with Gasteiger partial charge in [-0.25, -0.2) is 4.39 Å². The fourth-order valence-electron chi connectivity index (χ4n) is 4.95. The van der Waals surface area contributed by atoms with Gasteiger partial charge in [-0.1, -0.05) is 0 Å². The van der Waals surface area contributed by atoms with E-state index >= 15 is 0 Å². The van der Waals surface area contributed by atoms with Gasteiger partial charge < -0.3 is 10.2 Å². The summed E-state index contributed by atoms with van der Waals surface area (Å²) >= 11 is 0. The van der Waals surface area contributed by atoms with Crippen LogP contribution in [0.2, 0.25) is 0 Å². The van der Waals surface area contributed by atoms with Crippen molar-refractivity contribution >= 4 is 22.0 Å². The van der Waals surface area contributed by atoms with Crippen LogP contribution in [0.5, 0.6) is 0 Å². The molecular weight excluding hydrogens is 518 g/mol. The van der Waals surface area contributed by atoms with Gasteiger partial charge in [-0.3, -0.25) is 9.59 Å². The van der Waals surface area contributed by atoms with Crippen LogP contribution in [0, 0.1) is 29.0 Å². The van der Waals surface area contributed by atoms with Gasteiger partial charge in [0.1, 0.15) is 11.9 Å². The number of likely N-dealkylation sites (tertiary alicyclic amines) is 1. The Morgan fingerprint density at radius 1 is 1.08 bits per heavy atom. The second kappa shape index (κ2) is 10.5. The van der Waals surface area contributed by atoms with Gasteiger partial charge in [0.25, 0.3) is 10.2 Å². The molecule has 37 heavy (non-hydrogen) atoms. The van der Waals surface area contributed by atoms with Crippen molar-refractivity contribution in [3.8, 4) is 6.07 Å². The van der Waals surface area contributed by atoms with E-state index in [-0.39, 0.29) is 50.1 Å². The summed E-state index contributed by atoms with van der Waals surface area (Å²) in [5, 5.41) is 11.4. The molecule has 3 aliphatic rings. The van der Waals surface area contributed by atoms with Crippen molar-refractivity contribution < 1.29 is 35.6 Å². The van der Waals surface area contributed by atoms with E-state index in [1.807, 2.05) is 6.07 Å². The molecule has 1 aromatic rings. The minimum atomic E-state index is -4.66. The Morgan fingerprint density at radius 2 is 1.78 bits per heavy atom. The maximum Gasteiger partial charge on any atom is 0.416 e. The number of hydrogen-bond donors (Lipinski definition) is 1. The number of hydrogen-bond acceptors (Lipinski definition) is 5. The number of benzene rings is 1. The average molecular weight is 546 g/mol. The Balaban J connectivity index is 1.38. The molecule has 3 heterocycles. The standard InChI is InChI=1S/C23H27F4N5O4S/c24-19-6-5-18(23(25,26)27)9-17(19)11-29-21(33)20-4-2-8-32(20)22(34)16-3-1-7-30(14-16)37(35,36)31-12-15(10-28)13-31/h5-6,9,15-16,20H,1-4,7-8,11-14H2,(H,29,33)/t16?,20-/m1/s1. The normalized spacial score (nSPS) is 23.9. The fourth-order valence-corrected chi connectivity index (χ4v) is 6.74. The number of piperidine rings is 1. The van der Waals surface area contributed by atoms with Gasteiger partial charge in [0.05, 0.1) is 23.5 Å². The van der Waals surface area contributed by atoms with Crippen LogP contribution in [-0.4, -0.2) is 72.5 Å². The lowest BCUT2D eigenvalue weighted by Crippen LogP contribution is -2.57. The molecule has 0 aromatic heterocycles. The van der Waals surface area contributed by atoms with E-state index < -0.39 is 52.2 Å². The van der Waals surface area contributed by atoms with Crippen LogP contribution in [0.4, 0.5) is 17.6 Å². The molecule has 0 spiro atoms. The van der Waals surface area contributed by atoms with E-state index in [0.717, 1.165) is 0 Å². The van der Waals surface area contributed by atoms with Gasteiger partial charge in [-0.2, -0.15) is 35.5 Å². The lowest BCUT2D eigenvalue weighted by molar-refractivity contribution is -0.142. The van der Waals surface area contributed by atoms with Gasteiger partial charge in [-0.15, -0.1) is 0 Å². The number of carbonyl (C=O) groups is 2. The third-order valence-electron chi connectivity index (χ3n) is 7.08. The molecule has 1 N–H and O–H groups in total. The van der Waals surface area contributed by atoms with Crippen LogP contribution < -0.4 is 5.32 Å². The molecule has 0 radical (unpaired) electrons. The van der Waals surface area contributed by atoms with Gasteiger partial charge in [0, 0.05) is 44.8 Å². The number of nitrogens with one attached hydrogen (secondary N) is 1. The number of alkyl halides is 3. The Kier molecular flexibility index (Phi) is 7.77. The molecule has 14 heteroatoms. The number of carbonyl (C=O) groups excluding carboxylic acids is 2. The first-order valence-electron chi connectivity index (χ1n) is 12.0. The Labute approximate surface area is 212 Å². The van der Waals surface area contributed by atoms with Crippen LogP contribution in [0.15, 0.2) is 18.2 Å². The quantitative estimate of drug-likeness (QED) is 0.549. The van der Waals surface area contributed by atoms with Crippen molar-refractivity contribution in [3.63, 3.8) is 0 Å². The molecule has 2 amide bonds. The topological polar surface area (TPSA) is 114 Å². The first-order chi connectivity index (χ1) is 17.4. The predicted octanol–water partition coefficient (Wildman–Crippen LogP) is 1.86. The lowest BCUT2D eigenvalue weighted by Gasteiger charge is -2.41. The summed E-state index contributed by atoms with van der Waals surface area (Å²) in [6, 6.07) is 3.10. The number of nitriles is 1. The second-order valence-corrected chi connectivity index (χ2v) is 11.5. The summed E-state index contributed by atoms with van der Waals surface area (Å²) in [5.41, 5.74) is -1.36. The zero-order valence-electron chi connectivity index (χ0n) is 19.9. The summed E-state index contributed by atoms with van der Waals surface area (Å²) in [4.78, 5) is 27.5. The van der Waals surface area contributed by atoms with Crippen LogP contribution >= 0.6 is 0 Å². The monoisotopic (exact) mass is 545 g/mol. The molecule has 9 nitrogen and oxygen atoms in total. The van der Waals surface area contributed by atoms with Crippen LogP contribution in [-0.2, 0) is 32.5 Å². The molecule has 202 valence electrons. The van der Waals surface area contributed by atoms with E-state index in [4.69, 9.17) is 5.26 Å². The number of nitrogens with zero attached hydrogens (tertiary/aromatic N) is 4. The maximum atomic E-state index is 14.0. The molecule has 3 saturated heterocycles. The lowest BCUT2D eigenvalue weighted by atomic mass is 9.97. The third-order valence-corrected chi connectivity index (χ3v) is 9.02. The van der Waals surface area contributed by atoms with Crippen molar-refractivity contribution in [3.05, 3.63) is 35.1 Å². The smallest absolute Gasteiger partial charge is 0.350 e. The highest BCUT2D eigenvalue weighted by atomic mass is 32.2. The van der Waals surface area contributed by atoms with Crippen LogP contribution in [0.1, 0.15) is 36.8 Å². The molecule has 0 saturated carbocycles. The van der Waals surface area contributed by atoms with Gasteiger partial charge in [0.15, 0.2) is 0 Å². The molecule has 2 atom stereocenters. The van der Waals surface area contributed by atoms with E-state index in [1.54, 1.807) is 0 Å². The van der Waals surface area contributed by atoms with Crippen molar-refractivity contribution in [2.45, 2.75) is 44.4 Å². The Hall–Kier alpha value is -2.76. The van der Waals surface area contributed by atoms with Gasteiger partial charge in [0.2, 0.25) is 11.8 Å². The Bertz CT molecular complexity index is 1200. The summed E-state index contributed by atoms with van der Waals surface area (Å²) < 4.78 is 81.1. The van der Waals surface area contributed by atoms with Crippen LogP contribution in [0.25, 0.3) is 0 Å². The largest absolute Gasteiger partial charge is 0.416 e.